The lowest BCUT2D eigenvalue weighted by molar-refractivity contribution is 0.109. The van der Waals surface area contributed by atoms with Gasteiger partial charge < -0.3 is 5.73 Å². The number of nitriles is 1. The topological polar surface area (TPSA) is 53.0 Å². The Hall–Kier alpha value is -0.590. The van der Waals surface area contributed by atoms with E-state index in [2.05, 4.69) is 24.8 Å². The van der Waals surface area contributed by atoms with Gasteiger partial charge in [-0.3, -0.25) is 4.90 Å². The Morgan fingerprint density at radius 3 is 2.50 bits per heavy atom. The summed E-state index contributed by atoms with van der Waals surface area (Å²) in [6.07, 6.45) is 6.50. The number of nitrogens with two attached hydrogens (primary N) is 1. The molecule has 1 aliphatic carbocycles. The first-order chi connectivity index (χ1) is 7.69. The maximum Gasteiger partial charge on any atom is 0.0638 e. The molecule has 0 heterocycles. The van der Waals surface area contributed by atoms with Crippen LogP contribution in [-0.2, 0) is 0 Å². The molecule has 0 aromatic heterocycles. The summed E-state index contributed by atoms with van der Waals surface area (Å²) in [4.78, 5) is 2.52. The number of hydrogen-bond acceptors (Lipinski definition) is 3. The highest BCUT2D eigenvalue weighted by Gasteiger charge is 2.26. The molecule has 0 aromatic rings. The summed E-state index contributed by atoms with van der Waals surface area (Å²) in [5.74, 6) is 0. The van der Waals surface area contributed by atoms with Crippen molar-refractivity contribution in [1.82, 2.24) is 4.90 Å². The molecule has 16 heavy (non-hydrogen) atoms. The fraction of sp³-hybridized carbons (Fsp3) is 0.923. The van der Waals surface area contributed by atoms with Crippen molar-refractivity contribution in [3.05, 3.63) is 0 Å². The third-order valence-corrected chi connectivity index (χ3v) is 3.65. The fourth-order valence-corrected chi connectivity index (χ4v) is 2.70. The van der Waals surface area contributed by atoms with Gasteiger partial charge in [-0.2, -0.15) is 5.26 Å². The Morgan fingerprint density at radius 1 is 1.38 bits per heavy atom. The lowest BCUT2D eigenvalue weighted by Crippen LogP contribution is -2.45. The first kappa shape index (κ1) is 13.5. The van der Waals surface area contributed by atoms with E-state index in [4.69, 9.17) is 11.0 Å². The van der Waals surface area contributed by atoms with Crippen LogP contribution in [0.3, 0.4) is 0 Å². The molecule has 1 fully saturated rings. The van der Waals surface area contributed by atoms with E-state index in [0.717, 1.165) is 19.4 Å². The van der Waals surface area contributed by atoms with Crippen LogP contribution in [0.1, 0.15) is 52.4 Å². The molecule has 0 aliphatic heterocycles. The van der Waals surface area contributed by atoms with Crippen LogP contribution >= 0.6 is 0 Å². The van der Waals surface area contributed by atoms with Crippen molar-refractivity contribution in [3.63, 3.8) is 0 Å². The molecule has 0 amide bonds. The zero-order valence-corrected chi connectivity index (χ0v) is 10.7. The minimum Gasteiger partial charge on any atom is -0.328 e. The summed E-state index contributed by atoms with van der Waals surface area (Å²) < 4.78 is 0. The van der Waals surface area contributed by atoms with E-state index in [1.807, 2.05) is 0 Å². The van der Waals surface area contributed by atoms with Gasteiger partial charge in [0.25, 0.3) is 0 Å². The summed E-state index contributed by atoms with van der Waals surface area (Å²) >= 11 is 0. The van der Waals surface area contributed by atoms with E-state index >= 15 is 0 Å². The van der Waals surface area contributed by atoms with Gasteiger partial charge in [0.1, 0.15) is 0 Å². The predicted molar refractivity (Wildman–Crippen MR) is 66.9 cm³/mol. The van der Waals surface area contributed by atoms with Crippen molar-refractivity contribution >= 4 is 0 Å². The second-order valence-corrected chi connectivity index (χ2v) is 5.02. The molecule has 3 nitrogen and oxygen atoms in total. The van der Waals surface area contributed by atoms with Crippen molar-refractivity contribution in [3.8, 4) is 6.07 Å². The van der Waals surface area contributed by atoms with E-state index in [9.17, 15) is 0 Å². The molecule has 3 heteroatoms. The molecule has 0 spiro atoms. The first-order valence-electron chi connectivity index (χ1n) is 6.57. The van der Waals surface area contributed by atoms with E-state index in [1.54, 1.807) is 0 Å². The molecule has 92 valence electrons. The third-order valence-electron chi connectivity index (χ3n) is 3.65. The standard InChI is InChI=1S/C13H25N3/c1-3-10-16(11(2)8-9-14)13-6-4-12(15)5-7-13/h11-13H,3-8,10,15H2,1-2H3. The van der Waals surface area contributed by atoms with Crippen LogP contribution in [0.15, 0.2) is 0 Å². The third kappa shape index (κ3) is 3.77. The van der Waals surface area contributed by atoms with E-state index in [-0.39, 0.29) is 0 Å². The Morgan fingerprint density at radius 2 is 2.00 bits per heavy atom. The molecule has 0 bridgehead atoms. The largest absolute Gasteiger partial charge is 0.328 e. The monoisotopic (exact) mass is 223 g/mol. The molecule has 1 atom stereocenters. The van der Waals surface area contributed by atoms with Crippen LogP contribution in [0.2, 0.25) is 0 Å². The van der Waals surface area contributed by atoms with Crippen LogP contribution in [0.4, 0.5) is 0 Å². The molecule has 0 saturated heterocycles. The fourth-order valence-electron chi connectivity index (χ4n) is 2.70. The molecule has 1 aliphatic rings. The second-order valence-electron chi connectivity index (χ2n) is 5.02. The lowest BCUT2D eigenvalue weighted by atomic mass is 9.89. The van der Waals surface area contributed by atoms with E-state index < -0.39 is 0 Å². The summed E-state index contributed by atoms with van der Waals surface area (Å²) in [7, 11) is 0. The van der Waals surface area contributed by atoms with Gasteiger partial charge in [-0.25, -0.2) is 0 Å². The van der Waals surface area contributed by atoms with Gasteiger partial charge in [0.15, 0.2) is 0 Å². The Balaban J connectivity index is 2.52. The summed E-state index contributed by atoms with van der Waals surface area (Å²) in [6, 6.07) is 3.74. The Bertz CT molecular complexity index is 226. The van der Waals surface area contributed by atoms with Crippen LogP contribution in [-0.4, -0.2) is 29.6 Å². The molecule has 1 rings (SSSR count). The van der Waals surface area contributed by atoms with Crippen molar-refractivity contribution in [2.24, 2.45) is 5.73 Å². The summed E-state index contributed by atoms with van der Waals surface area (Å²) in [6.45, 7) is 5.50. The van der Waals surface area contributed by atoms with Crippen LogP contribution in [0, 0.1) is 11.3 Å². The minimum absolute atomic E-state index is 0.393. The average Bonchev–Trinajstić information content (AvgIpc) is 2.28. The SMILES string of the molecule is CCCN(C(C)CC#N)C1CCC(N)CC1. The van der Waals surface area contributed by atoms with Crippen molar-refractivity contribution in [2.75, 3.05) is 6.54 Å². The quantitative estimate of drug-likeness (QED) is 0.778. The van der Waals surface area contributed by atoms with E-state index in [1.165, 1.54) is 19.3 Å². The average molecular weight is 223 g/mol. The molecular formula is C13H25N3. The maximum absolute atomic E-state index is 8.80. The molecule has 0 radical (unpaired) electrons. The van der Waals surface area contributed by atoms with Gasteiger partial charge in [-0.05, 0) is 45.6 Å². The number of nitrogens with zero attached hydrogens (tertiary/aromatic N) is 2. The second kappa shape index (κ2) is 6.88. The van der Waals surface area contributed by atoms with Crippen molar-refractivity contribution in [1.29, 1.82) is 5.26 Å². The molecular weight excluding hydrogens is 198 g/mol. The summed E-state index contributed by atoms with van der Waals surface area (Å²) in [5, 5.41) is 8.80. The van der Waals surface area contributed by atoms with Gasteiger partial charge >= 0.3 is 0 Å². The van der Waals surface area contributed by atoms with Crippen LogP contribution in [0.25, 0.3) is 0 Å². The zero-order chi connectivity index (χ0) is 12.0. The Labute approximate surface area is 99.6 Å². The first-order valence-corrected chi connectivity index (χ1v) is 6.57. The highest BCUT2D eigenvalue weighted by Crippen LogP contribution is 2.24. The molecule has 1 saturated carbocycles. The number of rotatable bonds is 5. The van der Waals surface area contributed by atoms with Gasteiger partial charge in [-0.1, -0.05) is 6.92 Å². The smallest absolute Gasteiger partial charge is 0.0638 e. The predicted octanol–water partition coefficient (Wildman–Crippen LogP) is 2.27. The van der Waals surface area contributed by atoms with Gasteiger partial charge in [0.2, 0.25) is 0 Å². The Kier molecular flexibility index (Phi) is 5.79. The van der Waals surface area contributed by atoms with Gasteiger partial charge in [0.05, 0.1) is 12.5 Å². The van der Waals surface area contributed by atoms with Crippen LogP contribution < -0.4 is 5.73 Å². The normalized spacial score (nSPS) is 27.7. The number of hydrogen-bond donors (Lipinski definition) is 1. The lowest BCUT2D eigenvalue weighted by Gasteiger charge is -2.39. The van der Waals surface area contributed by atoms with Crippen molar-refractivity contribution in [2.45, 2.75) is 70.5 Å². The minimum atomic E-state index is 0.393. The van der Waals surface area contributed by atoms with Crippen LogP contribution in [0.5, 0.6) is 0 Å². The molecule has 2 N–H and O–H groups in total. The summed E-state index contributed by atoms with van der Waals surface area (Å²) in [5.41, 5.74) is 5.93. The van der Waals surface area contributed by atoms with Gasteiger partial charge in [0, 0.05) is 18.1 Å². The van der Waals surface area contributed by atoms with E-state index in [0.29, 0.717) is 24.5 Å². The highest BCUT2D eigenvalue weighted by molar-refractivity contribution is 4.87. The molecule has 0 aromatic carbocycles. The van der Waals surface area contributed by atoms with Gasteiger partial charge in [-0.15, -0.1) is 0 Å². The zero-order valence-electron chi connectivity index (χ0n) is 10.7. The highest BCUT2D eigenvalue weighted by atomic mass is 15.2. The molecule has 1 unspecified atom stereocenters. The maximum atomic E-state index is 8.80. The van der Waals surface area contributed by atoms with Crippen molar-refractivity contribution < 1.29 is 0 Å².